The highest BCUT2D eigenvalue weighted by Gasteiger charge is 2.18. The zero-order chi connectivity index (χ0) is 11.7. The van der Waals surface area contributed by atoms with Crippen molar-refractivity contribution in [2.24, 2.45) is 0 Å². The third-order valence-corrected chi connectivity index (χ3v) is 3.65. The Bertz CT molecular complexity index is 276. The second-order valence-electron chi connectivity index (χ2n) is 3.06. The van der Waals surface area contributed by atoms with Gasteiger partial charge in [-0.15, -0.1) is 13.2 Å². The van der Waals surface area contributed by atoms with E-state index in [1.807, 2.05) is 6.92 Å². The average molecular weight is 232 g/mol. The summed E-state index contributed by atoms with van der Waals surface area (Å²) in [6.07, 6.45) is 3.16. The fourth-order valence-corrected chi connectivity index (χ4v) is 2.42. The van der Waals surface area contributed by atoms with Gasteiger partial charge in [0.1, 0.15) is 0 Å². The van der Waals surface area contributed by atoms with E-state index in [-0.39, 0.29) is 5.75 Å². The van der Waals surface area contributed by atoms with E-state index >= 15 is 0 Å². The van der Waals surface area contributed by atoms with Gasteiger partial charge in [-0.25, -0.2) is 8.42 Å². The molecule has 5 heteroatoms. The first-order valence-corrected chi connectivity index (χ1v) is 6.59. The lowest BCUT2D eigenvalue weighted by atomic mass is 10.5. The van der Waals surface area contributed by atoms with Crippen molar-refractivity contribution in [2.45, 2.75) is 6.92 Å². The van der Waals surface area contributed by atoms with Gasteiger partial charge in [0.2, 0.25) is 10.0 Å². The lowest BCUT2D eigenvalue weighted by Crippen LogP contribution is -2.36. The van der Waals surface area contributed by atoms with E-state index in [1.54, 1.807) is 12.2 Å². The molecule has 0 saturated heterocycles. The summed E-state index contributed by atoms with van der Waals surface area (Å²) in [5.41, 5.74) is 0. The van der Waals surface area contributed by atoms with Crippen molar-refractivity contribution in [3.63, 3.8) is 0 Å². The van der Waals surface area contributed by atoms with Crippen LogP contribution < -0.4 is 5.32 Å². The third-order valence-electron chi connectivity index (χ3n) is 1.85. The van der Waals surface area contributed by atoms with Gasteiger partial charge in [-0.2, -0.15) is 4.31 Å². The number of nitrogens with zero attached hydrogens (tertiary/aromatic N) is 1. The Morgan fingerprint density at radius 2 is 1.80 bits per heavy atom. The minimum Gasteiger partial charge on any atom is -0.316 e. The van der Waals surface area contributed by atoms with Gasteiger partial charge < -0.3 is 5.32 Å². The molecule has 0 aromatic heterocycles. The SMILES string of the molecule is C=CCN(CC=C)S(=O)(=O)CCNCC. The fraction of sp³-hybridized carbons (Fsp3) is 0.600. The van der Waals surface area contributed by atoms with Gasteiger partial charge in [0, 0.05) is 19.6 Å². The highest BCUT2D eigenvalue weighted by atomic mass is 32.2. The van der Waals surface area contributed by atoms with E-state index in [0.29, 0.717) is 19.6 Å². The Morgan fingerprint density at radius 1 is 1.27 bits per heavy atom. The molecule has 0 bridgehead atoms. The number of nitrogens with one attached hydrogen (secondary N) is 1. The largest absolute Gasteiger partial charge is 0.316 e. The molecule has 0 fully saturated rings. The molecule has 0 unspecified atom stereocenters. The Balaban J connectivity index is 4.34. The highest BCUT2D eigenvalue weighted by molar-refractivity contribution is 7.89. The molecule has 0 aromatic carbocycles. The standard InChI is InChI=1S/C10H20N2O2S/c1-4-8-12(9-5-2)15(13,14)10-7-11-6-3/h4-5,11H,1-2,6-10H2,3H3. The fourth-order valence-electron chi connectivity index (χ4n) is 1.10. The van der Waals surface area contributed by atoms with Crippen LogP contribution in [0.25, 0.3) is 0 Å². The van der Waals surface area contributed by atoms with Gasteiger partial charge in [-0.1, -0.05) is 19.1 Å². The van der Waals surface area contributed by atoms with Crippen LogP contribution in [0.1, 0.15) is 6.92 Å². The highest BCUT2D eigenvalue weighted by Crippen LogP contribution is 2.01. The molecule has 15 heavy (non-hydrogen) atoms. The van der Waals surface area contributed by atoms with E-state index in [0.717, 1.165) is 6.54 Å². The average Bonchev–Trinajstić information content (AvgIpc) is 2.18. The molecule has 0 heterocycles. The molecule has 4 nitrogen and oxygen atoms in total. The Morgan fingerprint density at radius 3 is 2.20 bits per heavy atom. The van der Waals surface area contributed by atoms with Gasteiger partial charge in [-0.3, -0.25) is 0 Å². The van der Waals surface area contributed by atoms with Crippen molar-refractivity contribution >= 4 is 10.0 Å². The first-order chi connectivity index (χ1) is 7.08. The van der Waals surface area contributed by atoms with Crippen molar-refractivity contribution in [2.75, 3.05) is 31.9 Å². The van der Waals surface area contributed by atoms with Crippen molar-refractivity contribution in [3.05, 3.63) is 25.3 Å². The van der Waals surface area contributed by atoms with Crippen LogP contribution in [0.2, 0.25) is 0 Å². The number of rotatable bonds is 9. The van der Waals surface area contributed by atoms with Gasteiger partial charge in [0.15, 0.2) is 0 Å². The summed E-state index contributed by atoms with van der Waals surface area (Å²) in [7, 11) is -3.19. The minimum absolute atomic E-state index is 0.114. The van der Waals surface area contributed by atoms with E-state index in [1.165, 1.54) is 4.31 Å². The van der Waals surface area contributed by atoms with Crippen molar-refractivity contribution < 1.29 is 8.42 Å². The lowest BCUT2D eigenvalue weighted by molar-refractivity contribution is 0.472. The molecule has 0 aromatic rings. The molecule has 0 spiro atoms. The molecule has 0 aliphatic rings. The van der Waals surface area contributed by atoms with Gasteiger partial charge in [-0.05, 0) is 6.54 Å². The third kappa shape index (κ3) is 5.71. The van der Waals surface area contributed by atoms with Crippen LogP contribution in [-0.2, 0) is 10.0 Å². The van der Waals surface area contributed by atoms with Crippen molar-refractivity contribution in [1.29, 1.82) is 0 Å². The summed E-state index contributed by atoms with van der Waals surface area (Å²) < 4.78 is 24.9. The predicted molar refractivity (Wildman–Crippen MR) is 64.3 cm³/mol. The number of sulfonamides is 1. The lowest BCUT2D eigenvalue weighted by Gasteiger charge is -2.18. The van der Waals surface area contributed by atoms with Crippen LogP contribution in [0, 0.1) is 0 Å². The quantitative estimate of drug-likeness (QED) is 0.468. The Labute approximate surface area is 92.7 Å². The predicted octanol–water partition coefficient (Wildman–Crippen LogP) is 0.600. The maximum atomic E-state index is 11.8. The summed E-state index contributed by atoms with van der Waals surface area (Å²) >= 11 is 0. The monoisotopic (exact) mass is 232 g/mol. The second-order valence-corrected chi connectivity index (χ2v) is 5.15. The molecule has 1 N–H and O–H groups in total. The number of hydrogen-bond acceptors (Lipinski definition) is 3. The molecule has 0 amide bonds. The molecule has 0 aliphatic heterocycles. The topological polar surface area (TPSA) is 49.4 Å². The minimum atomic E-state index is -3.19. The first kappa shape index (κ1) is 14.3. The van der Waals surface area contributed by atoms with Crippen LogP contribution in [-0.4, -0.2) is 44.7 Å². The molecular weight excluding hydrogens is 212 g/mol. The molecular formula is C10H20N2O2S. The van der Waals surface area contributed by atoms with Crippen LogP contribution in [0.3, 0.4) is 0 Å². The molecule has 0 aliphatic carbocycles. The van der Waals surface area contributed by atoms with Crippen LogP contribution in [0.4, 0.5) is 0 Å². The van der Waals surface area contributed by atoms with Crippen molar-refractivity contribution in [3.8, 4) is 0 Å². The van der Waals surface area contributed by atoms with Crippen LogP contribution in [0.15, 0.2) is 25.3 Å². The van der Waals surface area contributed by atoms with Gasteiger partial charge >= 0.3 is 0 Å². The van der Waals surface area contributed by atoms with Crippen LogP contribution in [0.5, 0.6) is 0 Å². The van der Waals surface area contributed by atoms with E-state index in [9.17, 15) is 8.42 Å². The van der Waals surface area contributed by atoms with Crippen LogP contribution >= 0.6 is 0 Å². The maximum absolute atomic E-state index is 11.8. The summed E-state index contributed by atoms with van der Waals surface area (Å²) in [4.78, 5) is 0. The smallest absolute Gasteiger partial charge is 0.215 e. The van der Waals surface area contributed by atoms with Gasteiger partial charge in [0.25, 0.3) is 0 Å². The molecule has 0 rings (SSSR count). The molecule has 0 saturated carbocycles. The first-order valence-electron chi connectivity index (χ1n) is 4.98. The summed E-state index contributed by atoms with van der Waals surface area (Å²) in [5, 5.41) is 2.99. The summed E-state index contributed by atoms with van der Waals surface area (Å²) in [5.74, 6) is 0.114. The van der Waals surface area contributed by atoms with E-state index < -0.39 is 10.0 Å². The molecule has 88 valence electrons. The zero-order valence-corrected chi connectivity index (χ0v) is 10.1. The zero-order valence-electron chi connectivity index (χ0n) is 9.28. The van der Waals surface area contributed by atoms with Gasteiger partial charge in [0.05, 0.1) is 5.75 Å². The number of hydrogen-bond donors (Lipinski definition) is 1. The van der Waals surface area contributed by atoms with Crippen molar-refractivity contribution in [1.82, 2.24) is 9.62 Å². The summed E-state index contributed by atoms with van der Waals surface area (Å²) in [6, 6.07) is 0. The Kier molecular flexibility index (Phi) is 7.29. The second kappa shape index (κ2) is 7.62. The summed E-state index contributed by atoms with van der Waals surface area (Å²) in [6.45, 7) is 10.9. The normalized spacial score (nSPS) is 11.6. The molecule has 0 radical (unpaired) electrons. The molecule has 0 atom stereocenters. The van der Waals surface area contributed by atoms with E-state index in [4.69, 9.17) is 0 Å². The maximum Gasteiger partial charge on any atom is 0.215 e. The Hall–Kier alpha value is -0.650. The van der Waals surface area contributed by atoms with E-state index in [2.05, 4.69) is 18.5 Å².